The maximum absolute atomic E-state index is 16.2. The van der Waals surface area contributed by atoms with Gasteiger partial charge in [0.15, 0.2) is 0 Å². The van der Waals surface area contributed by atoms with Gasteiger partial charge in [-0.25, -0.2) is 0 Å². The van der Waals surface area contributed by atoms with Gasteiger partial charge in [0, 0.05) is 0 Å². The molecule has 6 aromatic carbocycles. The summed E-state index contributed by atoms with van der Waals surface area (Å²) in [5.41, 5.74) is -4.66. The first-order chi connectivity index (χ1) is 23.5. The molecular formula is C40H30F6OP2. The van der Waals surface area contributed by atoms with Crippen molar-refractivity contribution in [2.75, 3.05) is 0 Å². The molecule has 0 atom stereocenters. The van der Waals surface area contributed by atoms with Crippen LogP contribution in [-0.4, -0.2) is 23.0 Å². The second kappa shape index (κ2) is 11.9. The zero-order valence-corrected chi connectivity index (χ0v) is 27.7. The van der Waals surface area contributed by atoms with Crippen molar-refractivity contribution in [3.63, 3.8) is 0 Å². The van der Waals surface area contributed by atoms with E-state index in [0.29, 0.717) is 15.9 Å². The van der Waals surface area contributed by atoms with Gasteiger partial charge >= 0.3 is 281 Å². The van der Waals surface area contributed by atoms with Gasteiger partial charge in [-0.15, -0.1) is 0 Å². The normalized spacial score (nSPS) is 17.7. The first-order valence-electron chi connectivity index (χ1n) is 15.5. The molecule has 1 saturated heterocycles. The van der Waals surface area contributed by atoms with E-state index in [0.717, 1.165) is 0 Å². The zero-order chi connectivity index (χ0) is 34.4. The molecule has 0 aliphatic carbocycles. The summed E-state index contributed by atoms with van der Waals surface area (Å²) < 4.78 is 104. The van der Waals surface area contributed by atoms with Crippen LogP contribution in [0.1, 0.15) is 0 Å². The van der Waals surface area contributed by atoms with Crippen molar-refractivity contribution in [1.29, 1.82) is 0 Å². The van der Waals surface area contributed by atoms with Crippen molar-refractivity contribution >= 4 is 50.6 Å². The average molecular weight is 703 g/mol. The standard InChI is InChI=1S/C40H30F6OP2/c41-39(42,43)38(40(44,45)46)37(48(31-19-7-1-8-20-31,32-21-9-2-10-22-32)33-23-11-3-12-24-33)49(47-38,34-25-13-4-14-26-34,35-27-15-5-16-28-35)36-29-17-6-18-30-36/h1-30H. The third-order valence-electron chi connectivity index (χ3n) is 9.33. The molecule has 0 radical (unpaired) electrons. The number of rotatable bonds is 6. The van der Waals surface area contributed by atoms with Crippen LogP contribution in [0.4, 0.5) is 26.3 Å². The summed E-state index contributed by atoms with van der Waals surface area (Å²) in [6.07, 6.45) is -11.8. The van der Waals surface area contributed by atoms with Crippen LogP contribution >= 0.6 is 13.7 Å². The Hall–Kier alpha value is -4.41. The van der Waals surface area contributed by atoms with E-state index in [9.17, 15) is 0 Å². The maximum atomic E-state index is 16.2. The zero-order valence-electron chi connectivity index (χ0n) is 25.9. The first kappa shape index (κ1) is 33.1. The SMILES string of the molecule is FC(F)(F)C1(C(F)(F)F)OP(c2ccccc2)(c2ccccc2)(c2ccccc2)C1=P(c1ccccc1)(c1ccccc1)c1ccccc1. The van der Waals surface area contributed by atoms with Crippen LogP contribution in [0.15, 0.2) is 182 Å². The van der Waals surface area contributed by atoms with Gasteiger partial charge < -0.3 is 0 Å². The molecular weight excluding hydrogens is 672 g/mol. The number of benzene rings is 6. The molecule has 7 rings (SSSR count). The van der Waals surface area contributed by atoms with E-state index in [1.54, 1.807) is 182 Å². The Balaban J connectivity index is 1.97. The van der Waals surface area contributed by atoms with Gasteiger partial charge in [0.1, 0.15) is 0 Å². The van der Waals surface area contributed by atoms with Crippen LogP contribution in [0.3, 0.4) is 0 Å². The Kier molecular flexibility index (Phi) is 8.02. The predicted molar refractivity (Wildman–Crippen MR) is 191 cm³/mol. The summed E-state index contributed by atoms with van der Waals surface area (Å²) in [5.74, 6) is 0. The fourth-order valence-corrected chi connectivity index (χ4v) is 22.2. The molecule has 1 nitrogen and oxygen atoms in total. The topological polar surface area (TPSA) is 9.23 Å². The molecule has 248 valence electrons. The monoisotopic (exact) mass is 702 g/mol. The van der Waals surface area contributed by atoms with Crippen LogP contribution in [-0.2, 0) is 4.52 Å². The van der Waals surface area contributed by atoms with Gasteiger partial charge in [-0.1, -0.05) is 0 Å². The van der Waals surface area contributed by atoms with E-state index in [1.165, 1.54) is 0 Å². The molecule has 0 N–H and O–H groups in total. The summed E-state index contributed by atoms with van der Waals surface area (Å²) in [5, 5.41) is 1.07. The van der Waals surface area contributed by atoms with E-state index in [1.807, 2.05) is 0 Å². The minimum absolute atomic E-state index is 0.247. The van der Waals surface area contributed by atoms with Crippen molar-refractivity contribution in [1.82, 2.24) is 0 Å². The summed E-state index contributed by atoms with van der Waals surface area (Å²) >= 11 is 0. The first-order valence-corrected chi connectivity index (χ1v) is 19.5. The summed E-state index contributed by atoms with van der Waals surface area (Å²) in [6, 6.07) is 49.7. The van der Waals surface area contributed by atoms with Gasteiger partial charge in [-0.3, -0.25) is 0 Å². The molecule has 0 unspecified atom stereocenters. The second-order valence-electron chi connectivity index (χ2n) is 11.8. The Labute approximate surface area is 280 Å². The van der Waals surface area contributed by atoms with Crippen LogP contribution in [0.2, 0.25) is 0 Å². The van der Waals surface area contributed by atoms with E-state index >= 15 is 26.3 Å². The quantitative estimate of drug-likeness (QED) is 0.125. The summed E-state index contributed by atoms with van der Waals surface area (Å²) in [6.45, 7) is -9.56. The van der Waals surface area contributed by atoms with Gasteiger partial charge in [-0.2, -0.15) is 0 Å². The van der Waals surface area contributed by atoms with Crippen molar-refractivity contribution in [2.45, 2.75) is 18.0 Å². The van der Waals surface area contributed by atoms with Crippen LogP contribution in [0, 0.1) is 0 Å². The van der Waals surface area contributed by atoms with Crippen molar-refractivity contribution in [3.05, 3.63) is 182 Å². The van der Waals surface area contributed by atoms with Gasteiger partial charge in [0.25, 0.3) is 0 Å². The van der Waals surface area contributed by atoms with E-state index in [4.69, 9.17) is 4.52 Å². The molecule has 1 heterocycles. The number of halogens is 6. The molecule has 1 fully saturated rings. The van der Waals surface area contributed by atoms with Gasteiger partial charge in [0.05, 0.1) is 0 Å². The Morgan fingerprint density at radius 3 is 0.878 bits per heavy atom. The molecule has 0 bridgehead atoms. The fourth-order valence-electron chi connectivity index (χ4n) is 7.54. The predicted octanol–water partition coefficient (Wildman–Crippen LogP) is 8.45. The van der Waals surface area contributed by atoms with Crippen LogP contribution in [0.25, 0.3) is 0 Å². The minimum atomic E-state index is -5.91. The van der Waals surface area contributed by atoms with Crippen molar-refractivity contribution in [2.24, 2.45) is 0 Å². The van der Waals surface area contributed by atoms with Crippen molar-refractivity contribution < 1.29 is 30.9 Å². The van der Waals surface area contributed by atoms with Crippen LogP contribution in [0.5, 0.6) is 0 Å². The van der Waals surface area contributed by atoms with Gasteiger partial charge in [-0.05, 0) is 0 Å². The molecule has 1 aliphatic heterocycles. The molecule has 0 amide bonds. The summed E-state index contributed by atoms with van der Waals surface area (Å²) in [7, 11) is 0. The number of alkyl halides is 6. The Morgan fingerprint density at radius 1 is 0.388 bits per heavy atom. The molecule has 6 aromatic rings. The molecule has 1 aliphatic rings. The summed E-state index contributed by atoms with van der Waals surface area (Å²) in [4.78, 5) is 0. The Morgan fingerprint density at radius 2 is 0.633 bits per heavy atom. The number of hydrogen-bond donors (Lipinski definition) is 0. The van der Waals surface area contributed by atoms with E-state index in [-0.39, 0.29) is 15.9 Å². The van der Waals surface area contributed by atoms with E-state index < -0.39 is 36.7 Å². The third kappa shape index (κ3) is 4.42. The van der Waals surface area contributed by atoms with Gasteiger partial charge in [0.2, 0.25) is 0 Å². The molecule has 9 heteroatoms. The third-order valence-corrected chi connectivity index (χ3v) is 21.2. The van der Waals surface area contributed by atoms with E-state index in [2.05, 4.69) is 0 Å². The average Bonchev–Trinajstić information content (AvgIpc) is 3.12. The molecule has 49 heavy (non-hydrogen) atoms. The van der Waals surface area contributed by atoms with Crippen LogP contribution < -0.4 is 31.8 Å². The van der Waals surface area contributed by atoms with Crippen molar-refractivity contribution in [3.8, 4) is 0 Å². The number of hydrogen-bond acceptors (Lipinski definition) is 1. The fraction of sp³-hybridized carbons (Fsp3) is 0.0750. The Bertz CT molecular complexity index is 1900. The molecule has 0 saturated carbocycles. The molecule has 0 aromatic heterocycles. The second-order valence-corrected chi connectivity index (χ2v) is 19.8. The molecule has 0 spiro atoms.